The van der Waals surface area contributed by atoms with Crippen LogP contribution in [0.25, 0.3) is 0 Å². The number of ether oxygens (including phenoxy) is 6. The Morgan fingerprint density at radius 3 is 1.37 bits per heavy atom. The van der Waals surface area contributed by atoms with E-state index in [-0.39, 0.29) is 22.3 Å². The highest BCUT2D eigenvalue weighted by Crippen LogP contribution is 2.42. The third-order valence-electron chi connectivity index (χ3n) is 9.21. The molecule has 5 aromatic rings. The molecule has 7 rings (SSSR count). The monoisotopic (exact) mass is 786 g/mol. The molecule has 5 aromatic carbocycles. The van der Waals surface area contributed by atoms with E-state index in [2.05, 4.69) is 0 Å². The molecule has 2 aliphatic rings. The van der Waals surface area contributed by atoms with Gasteiger partial charge in [0.1, 0.15) is 30.0 Å². The molecule has 0 aromatic heterocycles. The van der Waals surface area contributed by atoms with Crippen molar-refractivity contribution in [1.29, 1.82) is 0 Å². The number of carbonyl (C=O) groups excluding carboxylic acids is 6. The van der Waals surface area contributed by atoms with Gasteiger partial charge < -0.3 is 28.4 Å². The van der Waals surface area contributed by atoms with Crippen LogP contribution in [0.3, 0.4) is 0 Å². The van der Waals surface area contributed by atoms with E-state index in [1.165, 1.54) is 48.5 Å². The third kappa shape index (κ3) is 9.12. The first-order valence-corrected chi connectivity index (χ1v) is 18.8. The summed E-state index contributed by atoms with van der Waals surface area (Å²) in [5.41, 5.74) is 0.520. The molecule has 7 atom stereocenters. The minimum absolute atomic E-state index is 0.0985. The fourth-order valence-electron chi connectivity index (χ4n) is 6.46. The fraction of sp³-hybridized carbons (Fsp3) is 0.182. The molecule has 0 amide bonds. The maximum absolute atomic E-state index is 13.9. The van der Waals surface area contributed by atoms with Crippen LogP contribution in [0.4, 0.5) is 0 Å². The van der Waals surface area contributed by atoms with Crippen molar-refractivity contribution in [3.05, 3.63) is 174 Å². The average Bonchev–Trinajstić information content (AvgIpc) is 3.53. The second-order valence-corrected chi connectivity index (χ2v) is 14.1. The summed E-state index contributed by atoms with van der Waals surface area (Å²) in [6.45, 7) is -0.595. The number of benzene rings is 5. The molecule has 2 heterocycles. The lowest BCUT2D eigenvalue weighted by Gasteiger charge is -2.46. The van der Waals surface area contributed by atoms with E-state index in [1.807, 2.05) is 0 Å². The van der Waals surface area contributed by atoms with Gasteiger partial charge in [0, 0.05) is 4.90 Å². The molecule has 0 aliphatic carbocycles. The van der Waals surface area contributed by atoms with E-state index in [4.69, 9.17) is 28.4 Å². The maximum atomic E-state index is 13.9. The van der Waals surface area contributed by atoms with Crippen LogP contribution in [0.5, 0.6) is 0 Å². The molecule has 2 fully saturated rings. The summed E-state index contributed by atoms with van der Waals surface area (Å²) < 4.78 is 35.8. The minimum atomic E-state index is -1.71. The van der Waals surface area contributed by atoms with Gasteiger partial charge in [-0.1, -0.05) is 91.0 Å². The van der Waals surface area contributed by atoms with E-state index < -0.39 is 84.1 Å². The Hall–Kier alpha value is -6.57. The van der Waals surface area contributed by atoms with E-state index >= 15 is 0 Å². The molecule has 13 heteroatoms. The maximum Gasteiger partial charge on any atom is 0.338 e. The topological polar surface area (TPSA) is 158 Å². The van der Waals surface area contributed by atoms with Crippen molar-refractivity contribution in [2.75, 3.05) is 6.61 Å². The molecule has 288 valence electrons. The number of carbonyl (C=O) groups is 6. The van der Waals surface area contributed by atoms with Crippen molar-refractivity contribution in [2.24, 2.45) is 5.92 Å². The molecule has 12 nitrogen and oxygen atoms in total. The lowest BCUT2D eigenvalue weighted by molar-refractivity contribution is -0.238. The first kappa shape index (κ1) is 38.7. The highest BCUT2D eigenvalue weighted by molar-refractivity contribution is 8.00. The van der Waals surface area contributed by atoms with Crippen LogP contribution in [-0.2, 0) is 38.0 Å². The minimum Gasteiger partial charge on any atom is -0.459 e. The summed E-state index contributed by atoms with van der Waals surface area (Å²) in [7, 11) is 0. The molecular weight excluding hydrogens is 753 g/mol. The molecule has 0 N–H and O–H groups in total. The van der Waals surface area contributed by atoms with Crippen LogP contribution in [0.1, 0.15) is 41.4 Å². The highest BCUT2D eigenvalue weighted by atomic mass is 32.2. The first-order chi connectivity index (χ1) is 27.8. The molecule has 57 heavy (non-hydrogen) atoms. The Kier molecular flexibility index (Phi) is 12.2. The number of hydrogen-bond donors (Lipinski definition) is 0. The van der Waals surface area contributed by atoms with E-state index in [0.29, 0.717) is 4.90 Å². The molecule has 0 bridgehead atoms. The van der Waals surface area contributed by atoms with E-state index in [9.17, 15) is 28.8 Å². The van der Waals surface area contributed by atoms with Crippen LogP contribution < -0.4 is 0 Å². The summed E-state index contributed by atoms with van der Waals surface area (Å²) in [5, 5.41) is -1.23. The summed E-state index contributed by atoms with van der Waals surface area (Å²) >= 11 is 1.03. The summed E-state index contributed by atoms with van der Waals surface area (Å²) in [4.78, 5) is 82.7. The molecule has 2 aliphatic heterocycles. The molecule has 0 spiro atoms. The van der Waals surface area contributed by atoms with Crippen LogP contribution in [0.2, 0.25) is 0 Å². The van der Waals surface area contributed by atoms with Crippen LogP contribution in [0, 0.1) is 5.92 Å². The van der Waals surface area contributed by atoms with Crippen molar-refractivity contribution in [3.63, 3.8) is 0 Å². The Bertz CT molecular complexity index is 2200. The molecule has 2 saturated heterocycles. The van der Waals surface area contributed by atoms with Gasteiger partial charge in [-0.15, -0.1) is 11.8 Å². The highest BCUT2D eigenvalue weighted by Gasteiger charge is 2.61. The van der Waals surface area contributed by atoms with Gasteiger partial charge in [-0.3, -0.25) is 9.59 Å². The van der Waals surface area contributed by atoms with Crippen molar-refractivity contribution in [2.45, 2.75) is 40.7 Å². The Labute approximate surface area is 331 Å². The van der Waals surface area contributed by atoms with Gasteiger partial charge in [-0.2, -0.15) is 0 Å². The molecule has 0 radical (unpaired) electrons. The van der Waals surface area contributed by atoms with Gasteiger partial charge in [0.05, 0.1) is 22.3 Å². The summed E-state index contributed by atoms with van der Waals surface area (Å²) in [5.74, 6) is -6.77. The number of thioether (sulfide) groups is 1. The standard InChI is InChI=1S/C44H34O12S/c45-39(27-16-6-1-7-17-27)51-26-32-34(53-40(46)28-18-8-2-9-19-28)36(54-41(47)29-20-10-3-11-21-29)37(55-42(48)30-22-12-4-13-23-30)35(52-32)33-38(44(50)56-43(33)49)57-31-24-14-5-15-25-31/h1-25,32-38H,26H2/t32-,33+,34-,35?,36+,37+,38+/m1/s1. The van der Waals surface area contributed by atoms with Gasteiger partial charge in [0.25, 0.3) is 0 Å². The van der Waals surface area contributed by atoms with Crippen LogP contribution in [-0.4, -0.2) is 78.2 Å². The molecular formula is C44H34O12S. The lowest BCUT2D eigenvalue weighted by atomic mass is 9.86. The zero-order valence-electron chi connectivity index (χ0n) is 30.0. The van der Waals surface area contributed by atoms with Gasteiger partial charge in [-0.05, 0) is 60.7 Å². The normalized spacial score (nSPS) is 22.8. The number of rotatable bonds is 12. The number of esters is 6. The van der Waals surface area contributed by atoms with Crippen molar-refractivity contribution >= 4 is 47.6 Å². The largest absolute Gasteiger partial charge is 0.459 e. The SMILES string of the molecule is O=C(OC[C@H]1OC([C@@H]2C(=O)OC(=O)[C@H]2Sc2ccccc2)[C@H](OC(=O)c2ccccc2)[C@@H](OC(=O)c2ccccc2)[C@@H]1OC(=O)c1ccccc1)c1ccccc1. The van der Waals surface area contributed by atoms with Gasteiger partial charge >= 0.3 is 35.8 Å². The van der Waals surface area contributed by atoms with Crippen LogP contribution in [0.15, 0.2) is 157 Å². The van der Waals surface area contributed by atoms with Crippen molar-refractivity contribution in [1.82, 2.24) is 0 Å². The Morgan fingerprint density at radius 2 is 0.895 bits per heavy atom. The number of hydrogen-bond acceptors (Lipinski definition) is 13. The lowest BCUT2D eigenvalue weighted by Crippen LogP contribution is -2.65. The first-order valence-electron chi connectivity index (χ1n) is 17.9. The van der Waals surface area contributed by atoms with E-state index in [1.54, 1.807) is 103 Å². The predicted molar refractivity (Wildman–Crippen MR) is 203 cm³/mol. The number of cyclic esters (lactones) is 2. The van der Waals surface area contributed by atoms with Crippen LogP contribution >= 0.6 is 11.8 Å². The molecule has 0 saturated carbocycles. The van der Waals surface area contributed by atoms with Gasteiger partial charge in [-0.25, -0.2) is 19.2 Å². The molecule has 1 unspecified atom stereocenters. The summed E-state index contributed by atoms with van der Waals surface area (Å²) in [6.07, 6.45) is -8.07. The Balaban J connectivity index is 1.34. The summed E-state index contributed by atoms with van der Waals surface area (Å²) in [6, 6.07) is 40.6. The van der Waals surface area contributed by atoms with Crippen molar-refractivity contribution in [3.8, 4) is 0 Å². The quantitative estimate of drug-likeness (QED) is 0.0807. The smallest absolute Gasteiger partial charge is 0.338 e. The van der Waals surface area contributed by atoms with Gasteiger partial charge in [0.2, 0.25) is 0 Å². The van der Waals surface area contributed by atoms with Gasteiger partial charge in [0.15, 0.2) is 18.3 Å². The zero-order chi connectivity index (χ0) is 39.7. The van der Waals surface area contributed by atoms with Crippen molar-refractivity contribution < 1.29 is 57.2 Å². The second-order valence-electron chi connectivity index (χ2n) is 12.9. The predicted octanol–water partition coefficient (Wildman–Crippen LogP) is 6.15. The Morgan fingerprint density at radius 1 is 0.491 bits per heavy atom. The zero-order valence-corrected chi connectivity index (χ0v) is 30.8. The van der Waals surface area contributed by atoms with E-state index in [0.717, 1.165) is 11.8 Å². The average molecular weight is 787 g/mol. The third-order valence-corrected chi connectivity index (χ3v) is 10.5. The fourth-order valence-corrected chi connectivity index (χ4v) is 7.62. The second kappa shape index (κ2) is 17.9.